The molecule has 1 fully saturated rings. The van der Waals surface area contributed by atoms with E-state index in [0.717, 1.165) is 22.1 Å². The van der Waals surface area contributed by atoms with Crippen LogP contribution >= 0.6 is 11.8 Å². The summed E-state index contributed by atoms with van der Waals surface area (Å²) in [4.78, 5) is 0. The van der Waals surface area contributed by atoms with Crippen molar-refractivity contribution in [3.63, 3.8) is 0 Å². The predicted octanol–water partition coefficient (Wildman–Crippen LogP) is 3.35. The molecule has 0 heterocycles. The molecule has 98 valence electrons. The van der Waals surface area contributed by atoms with Gasteiger partial charge in [0.2, 0.25) is 0 Å². The molecule has 1 aliphatic rings. The molecule has 2 rings (SSSR count). The molecule has 0 bridgehead atoms. The Labute approximate surface area is 112 Å². The molecule has 1 aliphatic carbocycles. The fourth-order valence-electron chi connectivity index (χ4n) is 2.39. The van der Waals surface area contributed by atoms with Crippen LogP contribution in [0.15, 0.2) is 29.4 Å². The third-order valence-electron chi connectivity index (χ3n) is 3.43. The fourth-order valence-corrected chi connectivity index (χ4v) is 3.72. The van der Waals surface area contributed by atoms with Crippen molar-refractivity contribution >= 4 is 17.6 Å². The van der Waals surface area contributed by atoms with Crippen LogP contribution in [0, 0.1) is 0 Å². The SMILES string of the molecule is N/C(=N\O)c1ccccc1CSC1CCCCC1. The molecule has 0 aliphatic heterocycles. The van der Waals surface area contributed by atoms with Gasteiger partial charge in [-0.2, -0.15) is 11.8 Å². The van der Waals surface area contributed by atoms with E-state index in [0.29, 0.717) is 0 Å². The number of oxime groups is 1. The van der Waals surface area contributed by atoms with E-state index in [1.807, 2.05) is 30.0 Å². The van der Waals surface area contributed by atoms with Crippen molar-refractivity contribution in [2.24, 2.45) is 10.9 Å². The van der Waals surface area contributed by atoms with Gasteiger partial charge in [0.1, 0.15) is 0 Å². The van der Waals surface area contributed by atoms with E-state index >= 15 is 0 Å². The van der Waals surface area contributed by atoms with Gasteiger partial charge >= 0.3 is 0 Å². The lowest BCUT2D eigenvalue weighted by molar-refractivity contribution is 0.318. The van der Waals surface area contributed by atoms with Crippen molar-refractivity contribution in [1.29, 1.82) is 0 Å². The summed E-state index contributed by atoms with van der Waals surface area (Å²) in [7, 11) is 0. The number of rotatable bonds is 4. The first-order valence-corrected chi connectivity index (χ1v) is 7.53. The van der Waals surface area contributed by atoms with Crippen LogP contribution in [0.25, 0.3) is 0 Å². The third-order valence-corrected chi connectivity index (χ3v) is 4.85. The van der Waals surface area contributed by atoms with Crippen molar-refractivity contribution < 1.29 is 5.21 Å². The minimum absolute atomic E-state index is 0.204. The second-order valence-electron chi connectivity index (χ2n) is 4.71. The molecule has 0 atom stereocenters. The molecule has 3 nitrogen and oxygen atoms in total. The molecule has 4 heteroatoms. The second-order valence-corrected chi connectivity index (χ2v) is 6.00. The molecular formula is C14H20N2OS. The van der Waals surface area contributed by atoms with Gasteiger partial charge in [-0.05, 0) is 18.4 Å². The van der Waals surface area contributed by atoms with Gasteiger partial charge in [0.15, 0.2) is 5.84 Å². The van der Waals surface area contributed by atoms with Gasteiger partial charge in [-0.1, -0.05) is 48.7 Å². The van der Waals surface area contributed by atoms with E-state index in [1.54, 1.807) is 0 Å². The van der Waals surface area contributed by atoms with Crippen molar-refractivity contribution in [3.05, 3.63) is 35.4 Å². The zero-order valence-electron chi connectivity index (χ0n) is 10.5. The predicted molar refractivity (Wildman–Crippen MR) is 77.1 cm³/mol. The summed E-state index contributed by atoms with van der Waals surface area (Å²) in [6, 6.07) is 7.89. The summed E-state index contributed by atoms with van der Waals surface area (Å²) in [5.41, 5.74) is 7.70. The molecule has 3 N–H and O–H groups in total. The van der Waals surface area contributed by atoms with Crippen LogP contribution in [0.1, 0.15) is 43.2 Å². The van der Waals surface area contributed by atoms with Crippen LogP contribution in [0.4, 0.5) is 0 Å². The third kappa shape index (κ3) is 3.42. The molecule has 0 radical (unpaired) electrons. The first-order valence-electron chi connectivity index (χ1n) is 6.48. The van der Waals surface area contributed by atoms with E-state index in [9.17, 15) is 0 Å². The van der Waals surface area contributed by atoms with Gasteiger partial charge in [-0.15, -0.1) is 0 Å². The highest BCUT2D eigenvalue weighted by molar-refractivity contribution is 7.99. The fraction of sp³-hybridized carbons (Fsp3) is 0.500. The second kappa shape index (κ2) is 6.69. The topological polar surface area (TPSA) is 58.6 Å². The van der Waals surface area contributed by atoms with Gasteiger partial charge < -0.3 is 10.9 Å². The van der Waals surface area contributed by atoms with Gasteiger partial charge in [0, 0.05) is 16.6 Å². The van der Waals surface area contributed by atoms with Crippen LogP contribution < -0.4 is 5.73 Å². The number of amidine groups is 1. The summed E-state index contributed by atoms with van der Waals surface area (Å²) in [6.45, 7) is 0. The maximum Gasteiger partial charge on any atom is 0.170 e. The number of nitrogens with zero attached hydrogens (tertiary/aromatic N) is 1. The Morgan fingerprint density at radius 1 is 1.28 bits per heavy atom. The van der Waals surface area contributed by atoms with Gasteiger partial charge in [0.25, 0.3) is 0 Å². The van der Waals surface area contributed by atoms with E-state index in [1.165, 1.54) is 32.1 Å². The Bertz CT molecular complexity index is 414. The average Bonchev–Trinajstić information content (AvgIpc) is 2.45. The lowest BCUT2D eigenvalue weighted by atomic mass is 10.0. The van der Waals surface area contributed by atoms with Gasteiger partial charge in [0.05, 0.1) is 0 Å². The number of hydrogen-bond acceptors (Lipinski definition) is 3. The Morgan fingerprint density at radius 2 is 2.00 bits per heavy atom. The Balaban J connectivity index is 2.00. The minimum Gasteiger partial charge on any atom is -0.409 e. The van der Waals surface area contributed by atoms with Crippen LogP contribution in [0.5, 0.6) is 0 Å². The van der Waals surface area contributed by atoms with Crippen LogP contribution in [0.2, 0.25) is 0 Å². The Kier molecular flexibility index (Phi) is 4.93. The normalized spacial score (nSPS) is 17.9. The maximum atomic E-state index is 8.79. The molecule has 1 saturated carbocycles. The molecule has 0 amide bonds. The summed E-state index contributed by atoms with van der Waals surface area (Å²) < 4.78 is 0. The molecule has 1 aromatic rings. The Hall–Kier alpha value is -1.16. The lowest BCUT2D eigenvalue weighted by Gasteiger charge is -2.21. The number of thioether (sulfide) groups is 1. The molecule has 0 unspecified atom stereocenters. The highest BCUT2D eigenvalue weighted by atomic mass is 32.2. The lowest BCUT2D eigenvalue weighted by Crippen LogP contribution is -2.15. The van der Waals surface area contributed by atoms with Gasteiger partial charge in [-0.3, -0.25) is 0 Å². The first-order chi connectivity index (χ1) is 8.81. The van der Waals surface area contributed by atoms with E-state index < -0.39 is 0 Å². The van der Waals surface area contributed by atoms with E-state index in [4.69, 9.17) is 10.9 Å². The van der Waals surface area contributed by atoms with Crippen molar-refractivity contribution in [2.75, 3.05) is 0 Å². The first kappa shape index (κ1) is 13.3. The van der Waals surface area contributed by atoms with Gasteiger partial charge in [-0.25, -0.2) is 0 Å². The maximum absolute atomic E-state index is 8.79. The standard InChI is InChI=1S/C14H20N2OS/c15-14(16-17)13-9-5-4-6-11(13)10-18-12-7-2-1-3-8-12/h4-6,9,12,17H,1-3,7-8,10H2,(H2,15,16). The van der Waals surface area contributed by atoms with Crippen LogP contribution in [-0.4, -0.2) is 16.3 Å². The molecular weight excluding hydrogens is 244 g/mol. The summed E-state index contributed by atoms with van der Waals surface area (Å²) in [5.74, 6) is 1.15. The average molecular weight is 264 g/mol. The highest BCUT2D eigenvalue weighted by Crippen LogP contribution is 2.31. The Morgan fingerprint density at radius 3 is 2.72 bits per heavy atom. The molecule has 0 aromatic heterocycles. The smallest absolute Gasteiger partial charge is 0.170 e. The monoisotopic (exact) mass is 264 g/mol. The van der Waals surface area contributed by atoms with Crippen LogP contribution in [0.3, 0.4) is 0 Å². The number of nitrogens with two attached hydrogens (primary N) is 1. The van der Waals surface area contributed by atoms with E-state index in [2.05, 4.69) is 11.2 Å². The summed E-state index contributed by atoms with van der Waals surface area (Å²) in [5, 5.41) is 12.7. The van der Waals surface area contributed by atoms with Crippen molar-refractivity contribution in [3.8, 4) is 0 Å². The largest absolute Gasteiger partial charge is 0.409 e. The summed E-state index contributed by atoms with van der Waals surface area (Å²) >= 11 is 2.00. The van der Waals surface area contributed by atoms with Crippen molar-refractivity contribution in [2.45, 2.75) is 43.1 Å². The van der Waals surface area contributed by atoms with Crippen LogP contribution in [-0.2, 0) is 5.75 Å². The number of benzene rings is 1. The number of hydrogen-bond donors (Lipinski definition) is 2. The highest BCUT2D eigenvalue weighted by Gasteiger charge is 2.15. The zero-order chi connectivity index (χ0) is 12.8. The molecule has 0 saturated heterocycles. The molecule has 18 heavy (non-hydrogen) atoms. The molecule has 0 spiro atoms. The van der Waals surface area contributed by atoms with E-state index in [-0.39, 0.29) is 5.84 Å². The zero-order valence-corrected chi connectivity index (χ0v) is 11.3. The molecule has 1 aromatic carbocycles. The minimum atomic E-state index is 0.204. The quantitative estimate of drug-likeness (QED) is 0.379. The summed E-state index contributed by atoms with van der Waals surface area (Å²) in [6.07, 6.45) is 6.77. The van der Waals surface area contributed by atoms with Crippen molar-refractivity contribution in [1.82, 2.24) is 0 Å².